The van der Waals surface area contributed by atoms with Crippen LogP contribution >= 0.6 is 0 Å². The van der Waals surface area contributed by atoms with Crippen molar-refractivity contribution >= 4 is 0 Å². The van der Waals surface area contributed by atoms with E-state index in [9.17, 15) is 4.79 Å². The summed E-state index contributed by atoms with van der Waals surface area (Å²) in [7, 11) is 0. The van der Waals surface area contributed by atoms with Gasteiger partial charge in [-0.05, 0) is 13.8 Å². The summed E-state index contributed by atoms with van der Waals surface area (Å²) >= 11 is 0. The average molecular weight is 204 g/mol. The fourth-order valence-electron chi connectivity index (χ4n) is 1.41. The minimum absolute atomic E-state index is 0.0673. The number of aryl methyl sites for hydroxylation is 1. The largest absolute Gasteiger partial charge is 0.310 e. The van der Waals surface area contributed by atoms with Gasteiger partial charge in [-0.1, -0.05) is 18.2 Å². The summed E-state index contributed by atoms with van der Waals surface area (Å²) in [5.74, 6) is 0.665. The third-order valence-corrected chi connectivity index (χ3v) is 2.09. The van der Waals surface area contributed by atoms with Crippen molar-refractivity contribution in [3.8, 4) is 0 Å². The van der Waals surface area contributed by atoms with Gasteiger partial charge in [0.25, 0.3) is 5.56 Å². The van der Waals surface area contributed by atoms with Crippen molar-refractivity contribution in [2.45, 2.75) is 26.7 Å². The van der Waals surface area contributed by atoms with Crippen molar-refractivity contribution in [2.24, 2.45) is 0 Å². The third-order valence-electron chi connectivity index (χ3n) is 2.09. The summed E-state index contributed by atoms with van der Waals surface area (Å²) in [6.45, 7) is 11.2. The second kappa shape index (κ2) is 4.73. The summed E-state index contributed by atoms with van der Waals surface area (Å²) < 4.78 is 0. The molecule has 0 saturated carbocycles. The van der Waals surface area contributed by atoms with E-state index in [1.807, 2.05) is 13.8 Å². The van der Waals surface area contributed by atoms with E-state index in [-0.39, 0.29) is 5.56 Å². The highest BCUT2D eigenvalue weighted by Gasteiger charge is 2.07. The predicted molar refractivity (Wildman–Crippen MR) is 62.0 cm³/mol. The maximum Gasteiger partial charge on any atom is 0.254 e. The monoisotopic (exact) mass is 204 g/mol. The SMILES string of the molecule is C=CCc1nc(C)c(CC(=C)C)c(=O)[nH]1. The zero-order chi connectivity index (χ0) is 11.4. The number of nitrogens with zero attached hydrogens (tertiary/aromatic N) is 1. The number of hydrogen-bond acceptors (Lipinski definition) is 2. The summed E-state index contributed by atoms with van der Waals surface area (Å²) in [6, 6.07) is 0. The van der Waals surface area contributed by atoms with Crippen LogP contribution in [-0.2, 0) is 12.8 Å². The van der Waals surface area contributed by atoms with E-state index in [2.05, 4.69) is 23.1 Å². The van der Waals surface area contributed by atoms with E-state index in [1.54, 1.807) is 6.08 Å². The molecule has 0 bridgehead atoms. The summed E-state index contributed by atoms with van der Waals surface area (Å²) in [4.78, 5) is 18.8. The molecule has 0 fully saturated rings. The Morgan fingerprint density at radius 2 is 2.27 bits per heavy atom. The van der Waals surface area contributed by atoms with Gasteiger partial charge < -0.3 is 4.98 Å². The highest BCUT2D eigenvalue weighted by Crippen LogP contribution is 2.05. The molecule has 3 nitrogen and oxygen atoms in total. The maximum absolute atomic E-state index is 11.7. The van der Waals surface area contributed by atoms with Crippen molar-refractivity contribution in [1.29, 1.82) is 0 Å². The molecule has 0 radical (unpaired) electrons. The normalized spacial score (nSPS) is 10.0. The summed E-state index contributed by atoms with van der Waals surface area (Å²) in [5, 5.41) is 0. The van der Waals surface area contributed by atoms with Crippen LogP contribution in [0.25, 0.3) is 0 Å². The fourth-order valence-corrected chi connectivity index (χ4v) is 1.41. The van der Waals surface area contributed by atoms with Crippen LogP contribution in [0.1, 0.15) is 24.0 Å². The van der Waals surface area contributed by atoms with Gasteiger partial charge in [-0.2, -0.15) is 0 Å². The molecular weight excluding hydrogens is 188 g/mol. The first-order valence-corrected chi connectivity index (χ1v) is 4.88. The molecule has 80 valence electrons. The molecule has 1 N–H and O–H groups in total. The van der Waals surface area contributed by atoms with Crippen LogP contribution in [-0.4, -0.2) is 9.97 Å². The Bertz CT molecular complexity index is 443. The zero-order valence-corrected chi connectivity index (χ0v) is 9.26. The van der Waals surface area contributed by atoms with Gasteiger partial charge >= 0.3 is 0 Å². The fraction of sp³-hybridized carbons (Fsp3) is 0.333. The van der Waals surface area contributed by atoms with Gasteiger partial charge in [0, 0.05) is 24.1 Å². The van der Waals surface area contributed by atoms with E-state index >= 15 is 0 Å². The van der Waals surface area contributed by atoms with Gasteiger partial charge in [-0.15, -0.1) is 6.58 Å². The second-order valence-corrected chi connectivity index (χ2v) is 3.70. The Hall–Kier alpha value is -1.64. The number of aromatic nitrogens is 2. The first-order chi connectivity index (χ1) is 7.04. The van der Waals surface area contributed by atoms with Crippen LogP contribution in [0.15, 0.2) is 29.6 Å². The van der Waals surface area contributed by atoms with Crippen LogP contribution in [0.2, 0.25) is 0 Å². The van der Waals surface area contributed by atoms with Gasteiger partial charge in [0.1, 0.15) is 5.82 Å². The summed E-state index contributed by atoms with van der Waals surface area (Å²) in [5.41, 5.74) is 2.37. The number of nitrogens with one attached hydrogen (secondary N) is 1. The molecule has 1 heterocycles. The molecule has 1 aromatic heterocycles. The minimum atomic E-state index is -0.0673. The Balaban J connectivity index is 3.15. The van der Waals surface area contributed by atoms with Gasteiger partial charge in [0.05, 0.1) is 0 Å². The lowest BCUT2D eigenvalue weighted by Crippen LogP contribution is -2.19. The number of H-pyrrole nitrogens is 1. The second-order valence-electron chi connectivity index (χ2n) is 3.70. The molecule has 0 aliphatic carbocycles. The molecule has 1 aromatic rings. The average Bonchev–Trinajstić information content (AvgIpc) is 2.11. The molecule has 1 rings (SSSR count). The van der Waals surface area contributed by atoms with Gasteiger partial charge in [0.15, 0.2) is 0 Å². The maximum atomic E-state index is 11.7. The van der Waals surface area contributed by atoms with Gasteiger partial charge in [0.2, 0.25) is 0 Å². The molecule has 0 aromatic carbocycles. The molecule has 0 unspecified atom stereocenters. The van der Waals surface area contributed by atoms with Gasteiger partial charge in [-0.25, -0.2) is 4.98 Å². The van der Waals surface area contributed by atoms with Crippen LogP contribution in [0, 0.1) is 6.92 Å². The van der Waals surface area contributed by atoms with Crippen molar-refractivity contribution in [3.63, 3.8) is 0 Å². The lowest BCUT2D eigenvalue weighted by molar-refractivity contribution is 0.894. The van der Waals surface area contributed by atoms with Crippen LogP contribution in [0.4, 0.5) is 0 Å². The highest BCUT2D eigenvalue weighted by atomic mass is 16.1. The highest BCUT2D eigenvalue weighted by molar-refractivity contribution is 5.21. The van der Waals surface area contributed by atoms with Crippen LogP contribution in [0.5, 0.6) is 0 Å². The number of aromatic amines is 1. The quantitative estimate of drug-likeness (QED) is 0.762. The van der Waals surface area contributed by atoms with Crippen molar-refractivity contribution < 1.29 is 0 Å². The van der Waals surface area contributed by atoms with E-state index in [0.29, 0.717) is 24.2 Å². The molecule has 0 aliphatic rings. The molecule has 0 saturated heterocycles. The Morgan fingerprint density at radius 3 is 2.73 bits per heavy atom. The number of rotatable bonds is 4. The molecule has 0 spiro atoms. The topological polar surface area (TPSA) is 45.8 Å². The Labute approximate surface area is 89.6 Å². The molecule has 3 heteroatoms. The Morgan fingerprint density at radius 1 is 1.60 bits per heavy atom. The van der Waals surface area contributed by atoms with Crippen molar-refractivity contribution in [2.75, 3.05) is 0 Å². The van der Waals surface area contributed by atoms with E-state index in [1.165, 1.54) is 0 Å². The van der Waals surface area contributed by atoms with Gasteiger partial charge in [-0.3, -0.25) is 4.79 Å². The lowest BCUT2D eigenvalue weighted by atomic mass is 10.1. The van der Waals surface area contributed by atoms with Crippen LogP contribution in [0.3, 0.4) is 0 Å². The molecule has 15 heavy (non-hydrogen) atoms. The molecule has 0 amide bonds. The van der Waals surface area contributed by atoms with E-state index in [0.717, 1.165) is 11.3 Å². The smallest absolute Gasteiger partial charge is 0.254 e. The Kier molecular flexibility index (Phi) is 3.61. The van der Waals surface area contributed by atoms with Crippen LogP contribution < -0.4 is 5.56 Å². The minimum Gasteiger partial charge on any atom is -0.310 e. The number of hydrogen-bond donors (Lipinski definition) is 1. The van der Waals surface area contributed by atoms with E-state index < -0.39 is 0 Å². The summed E-state index contributed by atoms with van der Waals surface area (Å²) in [6.07, 6.45) is 2.89. The predicted octanol–water partition coefficient (Wildman–Crippen LogP) is 1.93. The van der Waals surface area contributed by atoms with E-state index in [4.69, 9.17) is 0 Å². The molecule has 0 atom stereocenters. The third kappa shape index (κ3) is 2.91. The van der Waals surface area contributed by atoms with Crippen molar-refractivity contribution in [3.05, 3.63) is 52.2 Å². The number of allylic oxidation sites excluding steroid dienone is 2. The standard InChI is InChI=1S/C12H16N2O/c1-5-6-11-13-9(4)10(7-8(2)3)12(15)14-11/h5H,1-2,6-7H2,3-4H3,(H,13,14,15). The molecule has 0 aliphatic heterocycles. The molecular formula is C12H16N2O. The van der Waals surface area contributed by atoms with Crippen molar-refractivity contribution in [1.82, 2.24) is 9.97 Å². The zero-order valence-electron chi connectivity index (χ0n) is 9.26. The first-order valence-electron chi connectivity index (χ1n) is 4.88. The lowest BCUT2D eigenvalue weighted by Gasteiger charge is -2.05. The first kappa shape index (κ1) is 11.4.